The number of hydrogen-bond donors (Lipinski definition) is 0. The lowest BCUT2D eigenvalue weighted by atomic mass is 10.7. The largest absolute Gasteiger partial charge is 0.448 e. The summed E-state index contributed by atoms with van der Waals surface area (Å²) in [4.78, 5) is 20.9. The van der Waals surface area contributed by atoms with Crippen molar-refractivity contribution in [1.29, 1.82) is 0 Å². The van der Waals surface area contributed by atoms with Crippen molar-refractivity contribution in [2.75, 3.05) is 6.61 Å². The Hall–Kier alpha value is -1.13. The fourth-order valence-corrected chi connectivity index (χ4v) is 0.758. The van der Waals surface area contributed by atoms with Crippen LogP contribution >= 0.6 is 0 Å². The first kappa shape index (κ1) is 7.97. The van der Waals surface area contributed by atoms with E-state index in [4.69, 9.17) is 0 Å². The molecule has 1 saturated carbocycles. The molecule has 11 heavy (non-hydrogen) atoms. The van der Waals surface area contributed by atoms with Crippen molar-refractivity contribution in [3.63, 3.8) is 0 Å². The topological polar surface area (TPSA) is 59.0 Å². The van der Waals surface area contributed by atoms with Crippen LogP contribution in [-0.4, -0.2) is 23.8 Å². The zero-order chi connectivity index (χ0) is 8.27. The Morgan fingerprint density at radius 2 is 2.36 bits per heavy atom. The molecule has 0 aromatic carbocycles. The summed E-state index contributed by atoms with van der Waals surface area (Å²) in [5, 5.41) is 3.44. The minimum atomic E-state index is -0.634. The van der Waals surface area contributed by atoms with Crippen molar-refractivity contribution in [2.45, 2.75) is 25.8 Å². The number of carbonyl (C=O) groups is 1. The van der Waals surface area contributed by atoms with E-state index in [9.17, 15) is 9.70 Å². The molecule has 1 amide bonds. The molecule has 0 aliphatic heterocycles. The minimum absolute atomic E-state index is 0.00782. The van der Waals surface area contributed by atoms with E-state index in [-0.39, 0.29) is 12.6 Å². The molecular weight excluding hydrogens is 148 g/mol. The van der Waals surface area contributed by atoms with Gasteiger partial charge in [-0.25, -0.2) is 4.79 Å². The van der Waals surface area contributed by atoms with Crippen molar-refractivity contribution < 1.29 is 9.53 Å². The average Bonchev–Trinajstić information content (AvgIpc) is 2.73. The molecule has 0 aromatic heterocycles. The van der Waals surface area contributed by atoms with Gasteiger partial charge in [0, 0.05) is 0 Å². The molecule has 0 saturated heterocycles. The first-order chi connectivity index (χ1) is 5.29. The number of nitroso groups, excluding NO2 is 1. The standard InChI is InChI=1S/C6H10N2O3/c1-2-11-6(9)8(7-10)5-3-4-5/h5H,2-4H2,1H3. The zero-order valence-corrected chi connectivity index (χ0v) is 6.32. The van der Waals surface area contributed by atoms with Crippen LogP contribution in [0.2, 0.25) is 0 Å². The molecule has 0 aromatic rings. The van der Waals surface area contributed by atoms with E-state index >= 15 is 0 Å². The molecule has 5 nitrogen and oxygen atoms in total. The molecule has 1 aliphatic carbocycles. The van der Waals surface area contributed by atoms with Crippen LogP contribution in [-0.2, 0) is 4.74 Å². The predicted octanol–water partition coefficient (Wildman–Crippen LogP) is 1.29. The lowest BCUT2D eigenvalue weighted by Crippen LogP contribution is -2.27. The fraction of sp³-hybridized carbons (Fsp3) is 0.833. The van der Waals surface area contributed by atoms with Crippen molar-refractivity contribution in [3.8, 4) is 0 Å². The summed E-state index contributed by atoms with van der Waals surface area (Å²) in [7, 11) is 0. The molecular formula is C6H10N2O3. The molecule has 62 valence electrons. The first-order valence-corrected chi connectivity index (χ1v) is 3.58. The van der Waals surface area contributed by atoms with E-state index in [1.807, 2.05) is 0 Å². The summed E-state index contributed by atoms with van der Waals surface area (Å²) in [6.45, 7) is 1.96. The number of rotatable bonds is 3. The van der Waals surface area contributed by atoms with Crippen LogP contribution < -0.4 is 0 Å². The quantitative estimate of drug-likeness (QED) is 0.459. The Morgan fingerprint density at radius 1 is 1.73 bits per heavy atom. The van der Waals surface area contributed by atoms with Gasteiger partial charge in [0.05, 0.1) is 17.9 Å². The highest BCUT2D eigenvalue weighted by atomic mass is 16.6. The summed E-state index contributed by atoms with van der Waals surface area (Å²) < 4.78 is 4.59. The van der Waals surface area contributed by atoms with E-state index in [0.29, 0.717) is 0 Å². The van der Waals surface area contributed by atoms with E-state index in [2.05, 4.69) is 10.0 Å². The molecule has 1 rings (SSSR count). The maximum atomic E-state index is 10.9. The van der Waals surface area contributed by atoms with Gasteiger partial charge in [0.2, 0.25) is 0 Å². The second kappa shape index (κ2) is 3.32. The Balaban J connectivity index is 2.39. The third-order valence-electron chi connectivity index (χ3n) is 1.44. The van der Waals surface area contributed by atoms with Crippen molar-refractivity contribution in [2.24, 2.45) is 5.29 Å². The van der Waals surface area contributed by atoms with Crippen molar-refractivity contribution in [3.05, 3.63) is 4.91 Å². The van der Waals surface area contributed by atoms with Crippen molar-refractivity contribution >= 4 is 6.09 Å². The van der Waals surface area contributed by atoms with Crippen LogP contribution in [0.5, 0.6) is 0 Å². The van der Waals surface area contributed by atoms with Crippen molar-refractivity contribution in [1.82, 2.24) is 5.01 Å². The summed E-state index contributed by atoms with van der Waals surface area (Å²) in [6, 6.07) is -0.00782. The summed E-state index contributed by atoms with van der Waals surface area (Å²) in [5.74, 6) is 0. The van der Waals surface area contributed by atoms with Gasteiger partial charge in [0.15, 0.2) is 0 Å². The lowest BCUT2D eigenvalue weighted by Gasteiger charge is -2.10. The SMILES string of the molecule is CCOC(=O)N(N=O)C1CC1. The fourth-order valence-electron chi connectivity index (χ4n) is 0.758. The van der Waals surface area contributed by atoms with Gasteiger partial charge in [-0.15, -0.1) is 4.91 Å². The van der Waals surface area contributed by atoms with Gasteiger partial charge < -0.3 is 4.74 Å². The molecule has 5 heteroatoms. The summed E-state index contributed by atoms with van der Waals surface area (Å²) >= 11 is 0. The summed E-state index contributed by atoms with van der Waals surface area (Å²) in [5.41, 5.74) is 0. The predicted molar refractivity (Wildman–Crippen MR) is 37.7 cm³/mol. The molecule has 1 aliphatic rings. The van der Waals surface area contributed by atoms with Gasteiger partial charge in [-0.2, -0.15) is 5.01 Å². The maximum Gasteiger partial charge on any atom is 0.433 e. The number of nitrogens with zero attached hydrogens (tertiary/aromatic N) is 2. The molecule has 0 unspecified atom stereocenters. The van der Waals surface area contributed by atoms with E-state index in [0.717, 1.165) is 17.9 Å². The Morgan fingerprint density at radius 3 is 2.73 bits per heavy atom. The van der Waals surface area contributed by atoms with E-state index < -0.39 is 6.09 Å². The molecule has 0 atom stereocenters. The smallest absolute Gasteiger partial charge is 0.433 e. The van der Waals surface area contributed by atoms with Crippen LogP contribution in [0.1, 0.15) is 19.8 Å². The van der Waals surface area contributed by atoms with E-state index in [1.54, 1.807) is 6.92 Å². The molecule has 0 radical (unpaired) electrons. The number of carbonyl (C=O) groups excluding carboxylic acids is 1. The van der Waals surface area contributed by atoms with Gasteiger partial charge in [-0.3, -0.25) is 0 Å². The normalized spacial score (nSPS) is 15.7. The Kier molecular flexibility index (Phi) is 2.40. The highest BCUT2D eigenvalue weighted by Gasteiger charge is 2.34. The highest BCUT2D eigenvalue weighted by Crippen LogP contribution is 2.27. The first-order valence-electron chi connectivity index (χ1n) is 3.58. The minimum Gasteiger partial charge on any atom is -0.448 e. The molecule has 0 N–H and O–H groups in total. The average molecular weight is 158 g/mol. The summed E-state index contributed by atoms with van der Waals surface area (Å²) in [6.07, 6.45) is 1.07. The molecule has 0 heterocycles. The molecule has 1 fully saturated rings. The van der Waals surface area contributed by atoms with Gasteiger partial charge in [0.25, 0.3) is 0 Å². The van der Waals surface area contributed by atoms with Crippen LogP contribution in [0, 0.1) is 4.91 Å². The van der Waals surface area contributed by atoms with Gasteiger partial charge in [-0.1, -0.05) is 0 Å². The zero-order valence-electron chi connectivity index (χ0n) is 6.32. The Bertz CT molecular complexity index is 167. The van der Waals surface area contributed by atoms with Gasteiger partial charge in [0.1, 0.15) is 0 Å². The van der Waals surface area contributed by atoms with Crippen LogP contribution in [0.3, 0.4) is 0 Å². The Labute approximate surface area is 64.3 Å². The van der Waals surface area contributed by atoms with Gasteiger partial charge in [-0.05, 0) is 19.8 Å². The van der Waals surface area contributed by atoms with Gasteiger partial charge >= 0.3 is 6.09 Å². The second-order valence-corrected chi connectivity index (χ2v) is 2.36. The van der Waals surface area contributed by atoms with Crippen LogP contribution in [0.25, 0.3) is 0 Å². The van der Waals surface area contributed by atoms with Crippen LogP contribution in [0.4, 0.5) is 4.79 Å². The third kappa shape index (κ3) is 1.89. The third-order valence-corrected chi connectivity index (χ3v) is 1.44. The number of ether oxygens (including phenoxy) is 1. The molecule has 0 bridgehead atoms. The monoisotopic (exact) mass is 158 g/mol. The van der Waals surface area contributed by atoms with E-state index in [1.165, 1.54) is 0 Å². The number of hydrogen-bond acceptors (Lipinski definition) is 4. The lowest BCUT2D eigenvalue weighted by molar-refractivity contribution is 0.105. The highest BCUT2D eigenvalue weighted by molar-refractivity contribution is 5.67. The second-order valence-electron chi connectivity index (χ2n) is 2.36. The number of amides is 1. The van der Waals surface area contributed by atoms with Crippen LogP contribution in [0.15, 0.2) is 5.29 Å². The molecule has 0 spiro atoms. The maximum absolute atomic E-state index is 10.9.